The highest BCUT2D eigenvalue weighted by molar-refractivity contribution is 7.80. The van der Waals surface area contributed by atoms with Gasteiger partial charge in [-0.15, -0.1) is 12.6 Å². The Labute approximate surface area is 108 Å². The number of carbonyl (C=O) groups is 1. The first kappa shape index (κ1) is 11.9. The number of thiol groups is 1. The molecule has 0 radical (unpaired) electrons. The van der Waals surface area contributed by atoms with E-state index in [0.29, 0.717) is 21.3 Å². The van der Waals surface area contributed by atoms with E-state index < -0.39 is 0 Å². The number of hydrogen-bond acceptors (Lipinski definition) is 5. The van der Waals surface area contributed by atoms with Crippen LogP contribution in [0.15, 0.2) is 34.0 Å². The van der Waals surface area contributed by atoms with E-state index in [0.717, 1.165) is 0 Å². The van der Waals surface area contributed by atoms with Crippen molar-refractivity contribution in [3.05, 3.63) is 41.0 Å². The van der Waals surface area contributed by atoms with Crippen LogP contribution < -0.4 is 5.32 Å². The lowest BCUT2D eigenvalue weighted by Crippen LogP contribution is -2.23. The van der Waals surface area contributed by atoms with Gasteiger partial charge in [0.05, 0.1) is 17.1 Å². The predicted octanol–water partition coefficient (Wildman–Crippen LogP) is 1.94. The number of nitrogens with one attached hydrogen (secondary N) is 1. The molecule has 1 aromatic heterocycles. The van der Waals surface area contributed by atoms with Gasteiger partial charge in [-0.3, -0.25) is 4.79 Å². The fourth-order valence-electron chi connectivity index (χ4n) is 1.21. The molecule has 2 rings (SSSR count). The maximum absolute atomic E-state index is 11.8. The van der Waals surface area contributed by atoms with E-state index in [1.165, 1.54) is 6.39 Å². The molecule has 0 bridgehead atoms. The predicted molar refractivity (Wildman–Crippen MR) is 64.2 cm³/mol. The van der Waals surface area contributed by atoms with Crippen LogP contribution in [0.2, 0.25) is 5.02 Å². The van der Waals surface area contributed by atoms with Gasteiger partial charge in [-0.1, -0.05) is 16.8 Å². The molecule has 0 aliphatic rings. The summed E-state index contributed by atoms with van der Waals surface area (Å²) in [6.07, 6.45) is 1.20. The molecule has 0 aliphatic heterocycles. The molecular weight excluding hydrogens is 262 g/mol. The molecule has 0 atom stereocenters. The van der Waals surface area contributed by atoms with Crippen LogP contribution in [0.4, 0.5) is 0 Å². The number of nitrogens with zero attached hydrogens (tertiary/aromatic N) is 2. The third-order valence-electron chi connectivity index (χ3n) is 2.01. The van der Waals surface area contributed by atoms with E-state index in [2.05, 4.69) is 32.6 Å². The fraction of sp³-hybridized carbons (Fsp3) is 0.100. The SMILES string of the molecule is O=C(NCc1ncon1)c1cc(S)ccc1Cl. The molecule has 0 saturated carbocycles. The van der Waals surface area contributed by atoms with Crippen molar-refractivity contribution in [3.63, 3.8) is 0 Å². The quantitative estimate of drug-likeness (QED) is 0.836. The topological polar surface area (TPSA) is 68.0 Å². The second kappa shape index (κ2) is 5.20. The lowest BCUT2D eigenvalue weighted by atomic mass is 10.2. The standard InChI is InChI=1S/C10H8ClN3O2S/c11-8-2-1-6(17)3-7(8)10(15)12-4-9-13-5-16-14-9/h1-3,5,17H,4H2,(H,12,15). The van der Waals surface area contributed by atoms with E-state index in [1.54, 1.807) is 18.2 Å². The van der Waals surface area contributed by atoms with Gasteiger partial charge in [-0.05, 0) is 18.2 Å². The minimum Gasteiger partial charge on any atom is -0.345 e. The zero-order chi connectivity index (χ0) is 12.3. The zero-order valence-corrected chi connectivity index (χ0v) is 10.2. The largest absolute Gasteiger partial charge is 0.345 e. The lowest BCUT2D eigenvalue weighted by molar-refractivity contribution is 0.0949. The Morgan fingerprint density at radius 1 is 1.53 bits per heavy atom. The van der Waals surface area contributed by atoms with Crippen molar-refractivity contribution in [2.45, 2.75) is 11.4 Å². The molecule has 0 aliphatic carbocycles. The van der Waals surface area contributed by atoms with Crippen molar-refractivity contribution in [1.82, 2.24) is 15.5 Å². The summed E-state index contributed by atoms with van der Waals surface area (Å²) in [5.74, 6) is 0.0900. The van der Waals surface area contributed by atoms with Gasteiger partial charge in [-0.25, -0.2) is 0 Å². The summed E-state index contributed by atoms with van der Waals surface area (Å²) < 4.78 is 4.54. The van der Waals surface area contributed by atoms with E-state index >= 15 is 0 Å². The maximum atomic E-state index is 11.8. The summed E-state index contributed by atoms with van der Waals surface area (Å²) in [5, 5.41) is 6.57. The summed E-state index contributed by atoms with van der Waals surface area (Å²) in [4.78, 5) is 16.2. The van der Waals surface area contributed by atoms with Crippen LogP contribution in [0.1, 0.15) is 16.2 Å². The van der Waals surface area contributed by atoms with Gasteiger partial charge in [0.2, 0.25) is 6.39 Å². The van der Waals surface area contributed by atoms with Crippen molar-refractivity contribution in [3.8, 4) is 0 Å². The van der Waals surface area contributed by atoms with E-state index in [4.69, 9.17) is 11.6 Å². The third-order valence-corrected chi connectivity index (χ3v) is 2.62. The zero-order valence-electron chi connectivity index (χ0n) is 8.55. The number of amides is 1. The normalized spacial score (nSPS) is 10.2. The Kier molecular flexibility index (Phi) is 3.65. The number of hydrogen-bond donors (Lipinski definition) is 2. The number of benzene rings is 1. The first-order valence-electron chi connectivity index (χ1n) is 4.69. The molecule has 0 saturated heterocycles. The van der Waals surface area contributed by atoms with Gasteiger partial charge < -0.3 is 9.84 Å². The van der Waals surface area contributed by atoms with Gasteiger partial charge in [0.1, 0.15) is 0 Å². The molecule has 1 heterocycles. The highest BCUT2D eigenvalue weighted by Gasteiger charge is 2.11. The molecular formula is C10H8ClN3O2S. The third kappa shape index (κ3) is 2.98. The lowest BCUT2D eigenvalue weighted by Gasteiger charge is -2.05. The molecule has 88 valence electrons. The number of halogens is 1. The van der Waals surface area contributed by atoms with Crippen molar-refractivity contribution < 1.29 is 9.32 Å². The van der Waals surface area contributed by atoms with E-state index in [1.807, 2.05) is 0 Å². The Balaban J connectivity index is 2.07. The summed E-state index contributed by atoms with van der Waals surface area (Å²) in [6.45, 7) is 0.183. The van der Waals surface area contributed by atoms with Crippen LogP contribution in [0.25, 0.3) is 0 Å². The highest BCUT2D eigenvalue weighted by Crippen LogP contribution is 2.19. The highest BCUT2D eigenvalue weighted by atomic mass is 35.5. The van der Waals surface area contributed by atoms with E-state index in [9.17, 15) is 4.79 Å². The molecule has 0 fully saturated rings. The summed E-state index contributed by atoms with van der Waals surface area (Å²) >= 11 is 10.1. The van der Waals surface area contributed by atoms with Crippen LogP contribution in [-0.2, 0) is 6.54 Å². The Bertz CT molecular complexity index is 530. The minimum atomic E-state index is -0.310. The van der Waals surface area contributed by atoms with Crippen LogP contribution in [-0.4, -0.2) is 16.0 Å². The van der Waals surface area contributed by atoms with Crippen LogP contribution in [0.3, 0.4) is 0 Å². The molecule has 17 heavy (non-hydrogen) atoms. The molecule has 5 nitrogen and oxygen atoms in total. The molecule has 0 unspecified atom stereocenters. The van der Waals surface area contributed by atoms with Gasteiger partial charge in [-0.2, -0.15) is 4.98 Å². The van der Waals surface area contributed by atoms with Crippen LogP contribution in [0, 0.1) is 0 Å². The van der Waals surface area contributed by atoms with Crippen molar-refractivity contribution in [1.29, 1.82) is 0 Å². The molecule has 1 N–H and O–H groups in total. The molecule has 1 amide bonds. The Morgan fingerprint density at radius 3 is 3.06 bits per heavy atom. The molecule has 7 heteroatoms. The van der Waals surface area contributed by atoms with Gasteiger partial charge >= 0.3 is 0 Å². The van der Waals surface area contributed by atoms with Gasteiger partial charge in [0, 0.05) is 4.90 Å². The minimum absolute atomic E-state index is 0.183. The number of rotatable bonds is 3. The van der Waals surface area contributed by atoms with Crippen LogP contribution >= 0.6 is 24.2 Å². The van der Waals surface area contributed by atoms with Gasteiger partial charge in [0.25, 0.3) is 5.91 Å². The average Bonchev–Trinajstić information content (AvgIpc) is 2.82. The van der Waals surface area contributed by atoms with Crippen molar-refractivity contribution in [2.75, 3.05) is 0 Å². The molecule has 1 aromatic carbocycles. The average molecular weight is 270 g/mol. The number of carbonyl (C=O) groups excluding carboxylic acids is 1. The molecule has 2 aromatic rings. The van der Waals surface area contributed by atoms with Crippen molar-refractivity contribution >= 4 is 30.1 Å². The Hall–Kier alpha value is -1.53. The monoisotopic (exact) mass is 269 g/mol. The maximum Gasteiger partial charge on any atom is 0.253 e. The Morgan fingerprint density at radius 2 is 2.35 bits per heavy atom. The second-order valence-corrected chi connectivity index (χ2v) is 4.12. The fourth-order valence-corrected chi connectivity index (χ4v) is 1.62. The second-order valence-electron chi connectivity index (χ2n) is 3.19. The van der Waals surface area contributed by atoms with Crippen LogP contribution in [0.5, 0.6) is 0 Å². The first-order chi connectivity index (χ1) is 8.16. The first-order valence-corrected chi connectivity index (χ1v) is 5.51. The summed E-state index contributed by atoms with van der Waals surface area (Å²) in [5.41, 5.74) is 0.364. The smallest absolute Gasteiger partial charge is 0.253 e. The molecule has 0 spiro atoms. The number of aromatic nitrogens is 2. The van der Waals surface area contributed by atoms with Crippen molar-refractivity contribution in [2.24, 2.45) is 0 Å². The van der Waals surface area contributed by atoms with E-state index in [-0.39, 0.29) is 12.5 Å². The summed E-state index contributed by atoms with van der Waals surface area (Å²) in [6, 6.07) is 4.92. The summed E-state index contributed by atoms with van der Waals surface area (Å²) in [7, 11) is 0. The van der Waals surface area contributed by atoms with Gasteiger partial charge in [0.15, 0.2) is 5.82 Å².